The topological polar surface area (TPSA) is 442 Å². The Labute approximate surface area is 670 Å². The van der Waals surface area contributed by atoms with E-state index in [-0.39, 0.29) is 88.4 Å². The summed E-state index contributed by atoms with van der Waals surface area (Å²) >= 11 is 20.7. The summed E-state index contributed by atoms with van der Waals surface area (Å²) in [6.07, 6.45) is -6.47. The molecule has 0 aliphatic carbocycles. The second-order valence-corrected chi connectivity index (χ2v) is 29.5. The zero-order chi connectivity index (χ0) is 85.0. The number of esters is 14. The van der Waals surface area contributed by atoms with Gasteiger partial charge in [0.15, 0.2) is 52.3 Å². The Hall–Kier alpha value is -7.43. The van der Waals surface area contributed by atoms with Gasteiger partial charge in [-0.1, -0.05) is 83.8 Å². The fourth-order valence-corrected chi connectivity index (χ4v) is 11.8. The van der Waals surface area contributed by atoms with E-state index in [0.717, 1.165) is 24.3 Å². The molecule has 6 aliphatic rings. The van der Waals surface area contributed by atoms with Crippen molar-refractivity contribution in [3.05, 3.63) is 50.6 Å². The highest BCUT2D eigenvalue weighted by Gasteiger charge is 2.61. The largest absolute Gasteiger partial charge is 0.462 e. The quantitative estimate of drug-likeness (QED) is 0.0371. The fraction of sp³-hybridized carbons (Fsp3) is 0.694. The fourth-order valence-electron chi connectivity index (χ4n) is 11.2. The van der Waals surface area contributed by atoms with Crippen LogP contribution in [0.15, 0.2) is 50.6 Å². The Morgan fingerprint density at radius 2 is 0.607 bits per heavy atom. The Kier molecular flexibility index (Phi) is 41.3. The summed E-state index contributed by atoms with van der Waals surface area (Å²) in [7, 11) is 0. The summed E-state index contributed by atoms with van der Waals surface area (Å²) in [5.41, 5.74) is 0. The van der Waals surface area contributed by atoms with E-state index in [2.05, 4.69) is 51.7 Å². The van der Waals surface area contributed by atoms with Gasteiger partial charge in [-0.25, -0.2) is 19.2 Å². The number of halogens is 4. The highest BCUT2D eigenvalue weighted by molar-refractivity contribution is 9.10. The van der Waals surface area contributed by atoms with Crippen molar-refractivity contribution in [1.29, 1.82) is 0 Å². The van der Waals surface area contributed by atoms with Crippen LogP contribution in [0.25, 0.3) is 0 Å². The molecule has 112 heavy (non-hydrogen) atoms. The molecular formula is C72H100BrCl3O36. The average molecular weight is 1730 g/mol. The average Bonchev–Trinajstić information content (AvgIpc) is 1.61. The summed E-state index contributed by atoms with van der Waals surface area (Å²) in [5.74, 6) is -12.1. The number of carbonyl (C=O) groups is 14. The first-order chi connectivity index (χ1) is 52.2. The van der Waals surface area contributed by atoms with Crippen molar-refractivity contribution in [2.75, 3.05) is 52.9 Å². The molecule has 0 aromatic carbocycles. The van der Waals surface area contributed by atoms with Crippen molar-refractivity contribution in [2.45, 2.75) is 230 Å². The molecule has 0 spiro atoms. The van der Waals surface area contributed by atoms with Gasteiger partial charge in [-0.15, -0.1) is 34.8 Å². The van der Waals surface area contributed by atoms with Crippen LogP contribution in [0, 0.1) is 35.5 Å². The normalized spacial score (nSPS) is 29.9. The summed E-state index contributed by atoms with van der Waals surface area (Å²) < 4.78 is 117. The molecule has 6 rings (SSSR count). The maximum atomic E-state index is 12.1. The van der Waals surface area contributed by atoms with Crippen molar-refractivity contribution < 1.29 is 171 Å². The molecule has 24 unspecified atom stereocenters. The molecule has 0 aromatic rings. The molecule has 0 saturated carbocycles. The molecular weight excluding hydrogens is 1630 g/mol. The lowest BCUT2D eigenvalue weighted by atomic mass is 9.83. The van der Waals surface area contributed by atoms with E-state index in [1.807, 2.05) is 41.5 Å². The number of ether oxygens (including phenoxy) is 22. The van der Waals surface area contributed by atoms with Gasteiger partial charge in [0.2, 0.25) is 18.9 Å². The van der Waals surface area contributed by atoms with E-state index in [9.17, 15) is 67.1 Å². The maximum absolute atomic E-state index is 12.1. The van der Waals surface area contributed by atoms with Crippen LogP contribution in [-0.4, -0.2) is 255 Å². The predicted molar refractivity (Wildman–Crippen MR) is 386 cm³/mol. The molecule has 632 valence electrons. The van der Waals surface area contributed by atoms with Crippen molar-refractivity contribution in [3.63, 3.8) is 0 Å². The van der Waals surface area contributed by atoms with Crippen LogP contribution in [0.5, 0.6) is 0 Å². The molecule has 0 amide bonds. The Morgan fingerprint density at radius 3 is 0.902 bits per heavy atom. The molecule has 0 radical (unpaired) electrons. The minimum Gasteiger partial charge on any atom is -0.462 e. The van der Waals surface area contributed by atoms with Gasteiger partial charge in [0, 0.05) is 83.6 Å². The van der Waals surface area contributed by atoms with Gasteiger partial charge in [-0.3, -0.25) is 47.9 Å². The van der Waals surface area contributed by atoms with E-state index >= 15 is 0 Å². The highest BCUT2D eigenvalue weighted by atomic mass is 79.9. The van der Waals surface area contributed by atoms with Gasteiger partial charge in [-0.05, 0) is 45.4 Å². The number of alkyl halides is 4. The molecule has 6 saturated heterocycles. The van der Waals surface area contributed by atoms with Crippen LogP contribution in [0.3, 0.4) is 0 Å². The molecule has 36 nitrogen and oxygen atoms in total. The van der Waals surface area contributed by atoms with Gasteiger partial charge < -0.3 is 104 Å². The lowest BCUT2D eigenvalue weighted by Crippen LogP contribution is -2.56. The van der Waals surface area contributed by atoms with Crippen LogP contribution < -0.4 is 0 Å². The number of fused-ring (bicyclic) bond motifs is 3. The van der Waals surface area contributed by atoms with Gasteiger partial charge in [-0.2, -0.15) is 0 Å². The first-order valence-corrected chi connectivity index (χ1v) is 37.2. The van der Waals surface area contributed by atoms with Gasteiger partial charge in [0.05, 0.1) is 18.3 Å². The van der Waals surface area contributed by atoms with Crippen LogP contribution in [0.1, 0.15) is 111 Å². The van der Waals surface area contributed by atoms with Crippen molar-refractivity contribution in [3.8, 4) is 0 Å². The van der Waals surface area contributed by atoms with Crippen LogP contribution in [-0.2, 0) is 171 Å². The summed E-state index contributed by atoms with van der Waals surface area (Å²) in [4.78, 5) is 159. The van der Waals surface area contributed by atoms with Gasteiger partial charge in [0.25, 0.3) is 0 Å². The first kappa shape index (κ1) is 98.8. The molecule has 0 N–H and O–H groups in total. The smallest absolute Gasteiger partial charge is 0.330 e. The lowest BCUT2D eigenvalue weighted by molar-refractivity contribution is -0.271. The van der Waals surface area contributed by atoms with Crippen LogP contribution >= 0.6 is 50.7 Å². The molecule has 0 aromatic heterocycles. The van der Waals surface area contributed by atoms with E-state index in [1.54, 1.807) is 27.7 Å². The molecule has 6 heterocycles. The van der Waals surface area contributed by atoms with E-state index in [0.29, 0.717) is 0 Å². The van der Waals surface area contributed by atoms with Crippen molar-refractivity contribution >= 4 is 134 Å². The monoisotopic (exact) mass is 1720 g/mol. The van der Waals surface area contributed by atoms with Gasteiger partial charge in [0.1, 0.15) is 82.1 Å². The standard InChI is InChI=1S/C18H25BrO9.3C18H25ClO9/c1-6-15(22)24-7-13(19)17(23)25-8-14-9(2)10(3)16(26-11(4)20)18(28-14)27-12(5)21;1-6-11(20)22-7-9(19)15(21)23-8-10-12-13(26-17(2,3)25-12)14-16(24-10)28-18(4,5)27-14;2*1-6-15(22)24-7-13(19)17(23)25-8-14-9(2)10(3)16(26-11(4)20)18(28-14)27-12(5)21/h6,9-10,13-14,16,18H,1,7-8H2,2-5H3;6,9-10,12-14,16H,1,7-8H2,2-5H3;2*6,9-10,13-14,16,18H,1,7-8H2,2-5H3. The summed E-state index contributed by atoms with van der Waals surface area (Å²) in [5, 5.41) is -3.55. The lowest BCUT2D eigenvalue weighted by Gasteiger charge is -2.42. The van der Waals surface area contributed by atoms with E-state index < -0.39 is 202 Å². The van der Waals surface area contributed by atoms with E-state index in [4.69, 9.17) is 130 Å². The molecule has 6 fully saturated rings. The Morgan fingerprint density at radius 1 is 0.348 bits per heavy atom. The third-order valence-corrected chi connectivity index (χ3v) is 18.8. The van der Waals surface area contributed by atoms with E-state index in [1.165, 1.54) is 41.5 Å². The predicted octanol–water partition coefficient (Wildman–Crippen LogP) is 5.49. The zero-order valence-electron chi connectivity index (χ0n) is 64.9. The third kappa shape index (κ3) is 32.5. The minimum atomic E-state index is -1.20. The number of carbonyl (C=O) groups excluding carboxylic acids is 14. The maximum Gasteiger partial charge on any atom is 0.330 e. The van der Waals surface area contributed by atoms with Crippen molar-refractivity contribution in [1.82, 2.24) is 0 Å². The third-order valence-electron chi connectivity index (χ3n) is 17.3. The highest BCUT2D eigenvalue weighted by Crippen LogP contribution is 2.45. The second kappa shape index (κ2) is 46.8. The SMILES string of the molecule is C=CC(=O)OCC(Br)C(=O)OCC1OC(OC(C)=O)C(OC(C)=O)C(C)C1C.C=CC(=O)OCC(Cl)C(=O)OCC1OC(OC(C)=O)C(OC(C)=O)C(C)C1C.C=CC(=O)OCC(Cl)C(=O)OCC1OC(OC(C)=O)C(OC(C)=O)C(C)C1C.C=CC(=O)OCC(Cl)C(=O)OCC1OC2OC(C)(C)OC2C2OC(C)(C)OC12. The van der Waals surface area contributed by atoms with Crippen LogP contribution in [0.4, 0.5) is 0 Å². The Bertz CT molecular complexity index is 3050. The minimum absolute atomic E-state index is 0.119. The van der Waals surface area contributed by atoms with Crippen LogP contribution in [0.2, 0.25) is 0 Å². The van der Waals surface area contributed by atoms with Crippen molar-refractivity contribution in [2.24, 2.45) is 35.5 Å². The number of rotatable bonds is 30. The summed E-state index contributed by atoms with van der Waals surface area (Å²) in [6.45, 7) is 36.5. The second-order valence-electron chi connectivity index (χ2n) is 26.8. The van der Waals surface area contributed by atoms with Gasteiger partial charge >= 0.3 is 83.6 Å². The zero-order valence-corrected chi connectivity index (χ0v) is 68.7. The molecule has 6 aliphatic heterocycles. The Balaban J connectivity index is 0.000000387. The summed E-state index contributed by atoms with van der Waals surface area (Å²) in [6, 6.07) is 0. The molecule has 0 bridgehead atoms. The number of hydrogen-bond donors (Lipinski definition) is 0. The first-order valence-electron chi connectivity index (χ1n) is 35.0. The molecule has 24 atom stereocenters. The number of hydrogen-bond acceptors (Lipinski definition) is 36. The molecule has 40 heteroatoms.